The van der Waals surface area contributed by atoms with Gasteiger partial charge in [0.15, 0.2) is 11.5 Å². The maximum Gasteiger partial charge on any atom is 0.258 e. The Morgan fingerprint density at radius 1 is 0.871 bits per heavy atom. The van der Waals surface area contributed by atoms with Crippen LogP contribution in [0.2, 0.25) is 0 Å². The van der Waals surface area contributed by atoms with Crippen molar-refractivity contribution >= 4 is 17.5 Å². The number of amides is 2. The average Bonchev–Trinajstić information content (AvgIpc) is 2.81. The topological polar surface area (TPSA) is 67.9 Å². The summed E-state index contributed by atoms with van der Waals surface area (Å²) >= 11 is 0. The van der Waals surface area contributed by atoms with Crippen LogP contribution in [-0.2, 0) is 11.3 Å². The Hall–Kier alpha value is -3.80. The number of aryl methyl sites for hydroxylation is 1. The summed E-state index contributed by atoms with van der Waals surface area (Å²) < 4.78 is 10.6. The van der Waals surface area contributed by atoms with E-state index in [1.807, 2.05) is 61.5 Å². The third kappa shape index (κ3) is 5.42. The molecular weight excluding hydrogens is 392 g/mol. The lowest BCUT2D eigenvalue weighted by molar-refractivity contribution is -0.119. The van der Waals surface area contributed by atoms with Gasteiger partial charge >= 0.3 is 0 Å². The Labute approximate surface area is 182 Å². The zero-order chi connectivity index (χ0) is 22.2. The summed E-state index contributed by atoms with van der Waals surface area (Å²) in [5, 5.41) is 2.89. The largest absolute Gasteiger partial charge is 0.493 e. The van der Waals surface area contributed by atoms with Crippen LogP contribution in [0.4, 0.5) is 5.69 Å². The van der Waals surface area contributed by atoms with Gasteiger partial charge in [0.1, 0.15) is 6.54 Å². The van der Waals surface area contributed by atoms with Crippen LogP contribution in [0.5, 0.6) is 11.5 Å². The molecule has 3 rings (SSSR count). The predicted octanol–water partition coefficient (Wildman–Crippen LogP) is 3.98. The minimum absolute atomic E-state index is 0.106. The fraction of sp³-hybridized carbons (Fsp3) is 0.200. The first-order valence-electron chi connectivity index (χ1n) is 9.93. The van der Waals surface area contributed by atoms with Gasteiger partial charge in [-0.3, -0.25) is 14.5 Å². The minimum atomic E-state index is -0.301. The van der Waals surface area contributed by atoms with Gasteiger partial charge in [0.25, 0.3) is 5.91 Å². The molecule has 31 heavy (non-hydrogen) atoms. The number of hydrogen-bond donors (Lipinski definition) is 1. The normalized spacial score (nSPS) is 10.3. The molecule has 0 aromatic heterocycles. The summed E-state index contributed by atoms with van der Waals surface area (Å²) in [5.41, 5.74) is 2.96. The zero-order valence-electron chi connectivity index (χ0n) is 17.9. The van der Waals surface area contributed by atoms with Gasteiger partial charge in [-0.25, -0.2) is 0 Å². The highest BCUT2D eigenvalue weighted by molar-refractivity contribution is 6.09. The molecule has 0 unspecified atom stereocenters. The molecule has 0 aliphatic rings. The maximum atomic E-state index is 13.4. The number of nitrogens with zero attached hydrogens (tertiary/aromatic N) is 1. The van der Waals surface area contributed by atoms with Crippen LogP contribution in [0.1, 0.15) is 21.5 Å². The van der Waals surface area contributed by atoms with Crippen molar-refractivity contribution in [2.24, 2.45) is 0 Å². The third-order valence-corrected chi connectivity index (χ3v) is 4.92. The lowest BCUT2D eigenvalue weighted by Crippen LogP contribution is -2.41. The van der Waals surface area contributed by atoms with E-state index in [2.05, 4.69) is 5.32 Å². The summed E-state index contributed by atoms with van der Waals surface area (Å²) in [7, 11) is 3.05. The van der Waals surface area contributed by atoms with Crippen molar-refractivity contribution in [2.75, 3.05) is 25.7 Å². The van der Waals surface area contributed by atoms with Gasteiger partial charge in [-0.05, 0) is 42.3 Å². The first-order valence-corrected chi connectivity index (χ1v) is 9.93. The van der Waals surface area contributed by atoms with Gasteiger partial charge in [-0.1, -0.05) is 48.5 Å². The average molecular weight is 418 g/mol. The number of methoxy groups -OCH3 is 2. The van der Waals surface area contributed by atoms with Crippen molar-refractivity contribution in [3.63, 3.8) is 0 Å². The first-order chi connectivity index (χ1) is 15.0. The lowest BCUT2D eigenvalue weighted by atomic mass is 10.1. The molecule has 3 aromatic carbocycles. The standard InChI is InChI=1S/C25H26N2O4/c1-18-9-7-8-12-21(18)27(17-24(28)26-16-19-10-5-4-6-11-19)25(29)20-13-14-22(30-2)23(15-20)31-3/h4-15H,16-17H2,1-3H3,(H,26,28). The number of nitrogens with one attached hydrogen (secondary N) is 1. The molecule has 0 atom stereocenters. The van der Waals surface area contributed by atoms with E-state index in [9.17, 15) is 9.59 Å². The number of hydrogen-bond acceptors (Lipinski definition) is 4. The molecule has 6 heteroatoms. The Kier molecular flexibility index (Phi) is 7.27. The molecule has 0 heterocycles. The third-order valence-electron chi connectivity index (χ3n) is 4.92. The fourth-order valence-corrected chi connectivity index (χ4v) is 3.25. The molecule has 3 aromatic rings. The van der Waals surface area contributed by atoms with E-state index < -0.39 is 0 Å². The molecule has 0 aliphatic carbocycles. The maximum absolute atomic E-state index is 13.4. The smallest absolute Gasteiger partial charge is 0.258 e. The second kappa shape index (κ2) is 10.3. The minimum Gasteiger partial charge on any atom is -0.493 e. The number of ether oxygens (including phenoxy) is 2. The second-order valence-electron chi connectivity index (χ2n) is 7.01. The Balaban J connectivity index is 1.85. The summed E-state index contributed by atoms with van der Waals surface area (Å²) in [6.07, 6.45) is 0. The molecule has 0 fully saturated rings. The van der Waals surface area contributed by atoms with Gasteiger partial charge in [0.2, 0.25) is 5.91 Å². The highest BCUT2D eigenvalue weighted by atomic mass is 16.5. The molecule has 1 N–H and O–H groups in total. The monoisotopic (exact) mass is 418 g/mol. The van der Waals surface area contributed by atoms with Crippen molar-refractivity contribution < 1.29 is 19.1 Å². The molecule has 6 nitrogen and oxygen atoms in total. The van der Waals surface area contributed by atoms with E-state index in [-0.39, 0.29) is 18.4 Å². The van der Waals surface area contributed by atoms with Crippen molar-refractivity contribution in [1.82, 2.24) is 5.32 Å². The highest BCUT2D eigenvalue weighted by Crippen LogP contribution is 2.29. The van der Waals surface area contributed by atoms with Crippen LogP contribution < -0.4 is 19.7 Å². The molecule has 2 amide bonds. The van der Waals surface area contributed by atoms with Crippen molar-refractivity contribution in [3.8, 4) is 11.5 Å². The number of rotatable bonds is 8. The van der Waals surface area contributed by atoms with Gasteiger partial charge in [0.05, 0.1) is 14.2 Å². The lowest BCUT2D eigenvalue weighted by Gasteiger charge is -2.24. The second-order valence-corrected chi connectivity index (χ2v) is 7.01. The first kappa shape index (κ1) is 21.9. The summed E-state index contributed by atoms with van der Waals surface area (Å²) in [6.45, 7) is 2.20. The van der Waals surface area contributed by atoms with Gasteiger partial charge in [-0.15, -0.1) is 0 Å². The molecule has 0 saturated heterocycles. The molecule has 160 valence electrons. The Bertz CT molecular complexity index is 1050. The van der Waals surface area contributed by atoms with Crippen molar-refractivity contribution in [2.45, 2.75) is 13.5 Å². The molecule has 0 spiro atoms. The Morgan fingerprint density at radius 2 is 1.55 bits per heavy atom. The zero-order valence-corrected chi connectivity index (χ0v) is 17.9. The van der Waals surface area contributed by atoms with Crippen molar-refractivity contribution in [3.05, 3.63) is 89.5 Å². The van der Waals surface area contributed by atoms with E-state index in [0.29, 0.717) is 29.3 Å². The SMILES string of the molecule is COc1ccc(C(=O)N(CC(=O)NCc2ccccc2)c2ccccc2C)cc1OC. The van der Waals surface area contributed by atoms with Gasteiger partial charge in [-0.2, -0.15) is 0 Å². The predicted molar refractivity (Wildman–Crippen MR) is 121 cm³/mol. The van der Waals surface area contributed by atoms with Crippen LogP contribution >= 0.6 is 0 Å². The number of para-hydroxylation sites is 1. The van der Waals surface area contributed by atoms with E-state index in [1.54, 1.807) is 18.2 Å². The van der Waals surface area contributed by atoms with E-state index in [4.69, 9.17) is 9.47 Å². The molecule has 0 radical (unpaired) electrons. The van der Waals surface area contributed by atoms with Crippen LogP contribution in [0.15, 0.2) is 72.8 Å². The highest BCUT2D eigenvalue weighted by Gasteiger charge is 2.23. The van der Waals surface area contributed by atoms with Gasteiger partial charge < -0.3 is 14.8 Å². The summed E-state index contributed by atoms with van der Waals surface area (Å²) in [5.74, 6) is 0.430. The van der Waals surface area contributed by atoms with Crippen LogP contribution in [-0.4, -0.2) is 32.6 Å². The van der Waals surface area contributed by atoms with E-state index >= 15 is 0 Å². The van der Waals surface area contributed by atoms with E-state index in [1.165, 1.54) is 19.1 Å². The van der Waals surface area contributed by atoms with Crippen LogP contribution in [0, 0.1) is 6.92 Å². The van der Waals surface area contributed by atoms with Crippen LogP contribution in [0.3, 0.4) is 0 Å². The van der Waals surface area contributed by atoms with Gasteiger partial charge in [0, 0.05) is 17.8 Å². The quantitative estimate of drug-likeness (QED) is 0.601. The fourth-order valence-electron chi connectivity index (χ4n) is 3.25. The van der Waals surface area contributed by atoms with E-state index in [0.717, 1.165) is 11.1 Å². The van der Waals surface area contributed by atoms with Crippen LogP contribution in [0.25, 0.3) is 0 Å². The molecule has 0 aliphatic heterocycles. The summed E-state index contributed by atoms with van der Waals surface area (Å²) in [6, 6.07) is 22.1. The van der Waals surface area contributed by atoms with Crippen molar-refractivity contribution in [1.29, 1.82) is 0 Å². The number of carbonyl (C=O) groups is 2. The molecular formula is C25H26N2O4. The Morgan fingerprint density at radius 3 is 2.23 bits per heavy atom. The number of benzene rings is 3. The molecule has 0 saturated carbocycles. The molecule has 0 bridgehead atoms. The number of carbonyl (C=O) groups excluding carboxylic acids is 2. The number of anilines is 1. The summed E-state index contributed by atoms with van der Waals surface area (Å²) in [4.78, 5) is 27.6.